The first-order valence-electron chi connectivity index (χ1n) is 9.17. The third-order valence-electron chi connectivity index (χ3n) is 5.23. The molecule has 0 saturated heterocycles. The van der Waals surface area contributed by atoms with Crippen LogP contribution in [0.1, 0.15) is 29.8 Å². The van der Waals surface area contributed by atoms with Crippen LogP contribution < -0.4 is 16.9 Å². The van der Waals surface area contributed by atoms with Crippen LogP contribution in [0.5, 0.6) is 0 Å². The largest absolute Gasteiger partial charge is 0.522 e. The number of fused-ring (bicyclic) bond motifs is 1. The topological polar surface area (TPSA) is 104 Å². The van der Waals surface area contributed by atoms with Crippen LogP contribution in [0.4, 0.5) is 13.2 Å². The zero-order chi connectivity index (χ0) is 21.8. The van der Waals surface area contributed by atoms with Crippen molar-refractivity contribution in [1.82, 2.24) is 23.9 Å². The highest BCUT2D eigenvalue weighted by atomic mass is 32.1. The lowest BCUT2D eigenvalue weighted by Gasteiger charge is -2.13. The predicted octanol–water partition coefficient (Wildman–Crippen LogP) is 1.58. The zero-order valence-electron chi connectivity index (χ0n) is 16.0. The first kappa shape index (κ1) is 20.6. The number of aryl methyl sites for hydroxylation is 1. The third-order valence-corrected chi connectivity index (χ3v) is 6.53. The summed E-state index contributed by atoms with van der Waals surface area (Å²) in [5.41, 5.74) is -0.987. The number of halogens is 3. The van der Waals surface area contributed by atoms with Gasteiger partial charge in [0.25, 0.3) is 5.56 Å². The van der Waals surface area contributed by atoms with E-state index in [1.165, 1.54) is 6.33 Å². The normalized spacial score (nSPS) is 19.0. The molecule has 3 aromatic heterocycles. The second kappa shape index (κ2) is 7.23. The van der Waals surface area contributed by atoms with E-state index >= 15 is 0 Å². The average molecular weight is 445 g/mol. The Bertz CT molecular complexity index is 1280. The molecule has 1 N–H and O–H groups in total. The molecule has 2 atom stereocenters. The SMILES string of the molecule is Cc1c(Cn2nc[nH]c2=O)sc2c1c(=O)n(C1CC1C)c(=O)n2CCOC(F)(F)F. The van der Waals surface area contributed by atoms with Gasteiger partial charge in [-0.1, -0.05) is 6.92 Å². The van der Waals surface area contributed by atoms with Crippen molar-refractivity contribution >= 4 is 21.6 Å². The molecule has 1 aliphatic rings. The Labute approximate surface area is 170 Å². The second-order valence-electron chi connectivity index (χ2n) is 7.27. The first-order chi connectivity index (χ1) is 14.1. The van der Waals surface area contributed by atoms with Crippen LogP contribution in [0.25, 0.3) is 10.2 Å². The zero-order valence-corrected chi connectivity index (χ0v) is 16.8. The molecule has 3 aromatic rings. The van der Waals surface area contributed by atoms with Crippen molar-refractivity contribution in [3.63, 3.8) is 0 Å². The Morgan fingerprint density at radius 2 is 2.03 bits per heavy atom. The second-order valence-corrected chi connectivity index (χ2v) is 8.35. The smallest absolute Gasteiger partial charge is 0.295 e. The maximum Gasteiger partial charge on any atom is 0.522 e. The summed E-state index contributed by atoms with van der Waals surface area (Å²) < 4.78 is 44.5. The summed E-state index contributed by atoms with van der Waals surface area (Å²) in [6, 6.07) is -0.277. The summed E-state index contributed by atoms with van der Waals surface area (Å²) in [5.74, 6) is 0.133. The standard InChI is InChI=1S/C17H18F3N5O4S/c1-8-5-10(8)25-13(26)12-9(2)11(6-24-15(27)21-7-22-24)30-14(12)23(16(25)28)3-4-29-17(18,19)20/h7-8,10H,3-6H2,1-2H3,(H,21,22,27). The van der Waals surface area contributed by atoms with Gasteiger partial charge < -0.3 is 0 Å². The Morgan fingerprint density at radius 1 is 1.33 bits per heavy atom. The summed E-state index contributed by atoms with van der Waals surface area (Å²) in [7, 11) is 0. The van der Waals surface area contributed by atoms with Gasteiger partial charge in [0.15, 0.2) is 0 Å². The number of ether oxygens (including phenoxy) is 1. The molecule has 0 bridgehead atoms. The Hall–Kier alpha value is -2.67. The number of alkyl halides is 3. The molecule has 0 amide bonds. The molecule has 0 aliphatic heterocycles. The number of hydrogen-bond acceptors (Lipinski definition) is 6. The van der Waals surface area contributed by atoms with Crippen LogP contribution in [0.2, 0.25) is 0 Å². The Kier molecular flexibility index (Phi) is 4.97. The Balaban J connectivity index is 1.86. The number of H-pyrrole nitrogens is 1. The van der Waals surface area contributed by atoms with Crippen molar-refractivity contribution in [2.24, 2.45) is 5.92 Å². The van der Waals surface area contributed by atoms with E-state index in [0.29, 0.717) is 16.9 Å². The molecule has 9 nitrogen and oxygen atoms in total. The number of hydrogen-bond donors (Lipinski definition) is 1. The van der Waals surface area contributed by atoms with E-state index in [9.17, 15) is 27.6 Å². The fourth-order valence-electron chi connectivity index (χ4n) is 3.50. The summed E-state index contributed by atoms with van der Waals surface area (Å²) in [4.78, 5) is 41.2. The van der Waals surface area contributed by atoms with Crippen molar-refractivity contribution in [1.29, 1.82) is 0 Å². The minimum absolute atomic E-state index is 0.0695. The van der Waals surface area contributed by atoms with Gasteiger partial charge >= 0.3 is 17.7 Å². The fraction of sp³-hybridized carbons (Fsp3) is 0.529. The molecule has 4 rings (SSSR count). The number of aromatic nitrogens is 5. The van der Waals surface area contributed by atoms with E-state index in [-0.39, 0.29) is 35.3 Å². The van der Waals surface area contributed by atoms with Crippen molar-refractivity contribution in [3.8, 4) is 0 Å². The van der Waals surface area contributed by atoms with Gasteiger partial charge in [-0.2, -0.15) is 5.10 Å². The van der Waals surface area contributed by atoms with E-state index in [0.717, 1.165) is 25.2 Å². The molecule has 3 heterocycles. The molecule has 1 fully saturated rings. The van der Waals surface area contributed by atoms with Gasteiger partial charge in [-0.25, -0.2) is 14.3 Å². The van der Waals surface area contributed by atoms with Gasteiger partial charge in [-0.3, -0.25) is 23.6 Å². The molecule has 2 unspecified atom stereocenters. The highest BCUT2D eigenvalue weighted by Crippen LogP contribution is 2.41. The minimum atomic E-state index is -4.82. The van der Waals surface area contributed by atoms with Crippen molar-refractivity contribution in [3.05, 3.63) is 48.1 Å². The monoisotopic (exact) mass is 445 g/mol. The van der Waals surface area contributed by atoms with E-state index in [1.54, 1.807) is 6.92 Å². The summed E-state index contributed by atoms with van der Waals surface area (Å²) in [6.45, 7) is 2.53. The number of thiophene rings is 1. The van der Waals surface area contributed by atoms with Crippen molar-refractivity contribution in [2.45, 2.75) is 45.8 Å². The lowest BCUT2D eigenvalue weighted by atomic mass is 10.2. The van der Waals surface area contributed by atoms with Gasteiger partial charge in [0, 0.05) is 10.9 Å². The van der Waals surface area contributed by atoms with Crippen LogP contribution in [-0.4, -0.2) is 36.9 Å². The van der Waals surface area contributed by atoms with Gasteiger partial charge in [0.05, 0.1) is 25.1 Å². The van der Waals surface area contributed by atoms with Crippen LogP contribution in [-0.2, 0) is 17.8 Å². The van der Waals surface area contributed by atoms with Crippen LogP contribution in [0, 0.1) is 12.8 Å². The van der Waals surface area contributed by atoms with E-state index < -0.39 is 29.9 Å². The molecular formula is C17H18F3N5O4S. The molecule has 0 spiro atoms. The number of aromatic amines is 1. The van der Waals surface area contributed by atoms with Crippen LogP contribution in [0.3, 0.4) is 0 Å². The molecule has 0 aromatic carbocycles. The molecular weight excluding hydrogens is 427 g/mol. The van der Waals surface area contributed by atoms with E-state index in [1.807, 2.05) is 6.92 Å². The Morgan fingerprint density at radius 3 is 2.60 bits per heavy atom. The highest BCUT2D eigenvalue weighted by Gasteiger charge is 2.38. The minimum Gasteiger partial charge on any atom is -0.295 e. The number of nitrogens with zero attached hydrogens (tertiary/aromatic N) is 4. The fourth-order valence-corrected chi connectivity index (χ4v) is 4.79. The van der Waals surface area contributed by atoms with Gasteiger partial charge in [0.2, 0.25) is 0 Å². The lowest BCUT2D eigenvalue weighted by Crippen LogP contribution is -2.40. The molecule has 30 heavy (non-hydrogen) atoms. The summed E-state index contributed by atoms with van der Waals surface area (Å²) in [5, 5.41) is 4.15. The molecule has 1 aliphatic carbocycles. The highest BCUT2D eigenvalue weighted by molar-refractivity contribution is 7.18. The summed E-state index contributed by atoms with van der Waals surface area (Å²) >= 11 is 1.08. The maximum absolute atomic E-state index is 13.1. The van der Waals surface area contributed by atoms with E-state index in [2.05, 4.69) is 14.8 Å². The van der Waals surface area contributed by atoms with Crippen molar-refractivity contribution < 1.29 is 17.9 Å². The van der Waals surface area contributed by atoms with Gasteiger partial charge in [0.1, 0.15) is 11.2 Å². The maximum atomic E-state index is 13.1. The lowest BCUT2D eigenvalue weighted by molar-refractivity contribution is -0.325. The number of rotatable bonds is 6. The van der Waals surface area contributed by atoms with E-state index in [4.69, 9.17) is 0 Å². The molecule has 13 heteroatoms. The average Bonchev–Trinajstić information content (AvgIpc) is 3.06. The van der Waals surface area contributed by atoms with Gasteiger partial charge in [-0.15, -0.1) is 24.5 Å². The molecule has 1 saturated carbocycles. The predicted molar refractivity (Wildman–Crippen MR) is 102 cm³/mol. The van der Waals surface area contributed by atoms with Gasteiger partial charge in [-0.05, 0) is 24.8 Å². The molecule has 0 radical (unpaired) electrons. The molecule has 162 valence electrons. The quantitative estimate of drug-likeness (QED) is 0.621. The van der Waals surface area contributed by atoms with Crippen molar-refractivity contribution in [2.75, 3.05) is 6.61 Å². The van der Waals surface area contributed by atoms with Crippen LogP contribution in [0.15, 0.2) is 20.7 Å². The third kappa shape index (κ3) is 3.62. The number of nitrogens with one attached hydrogen (secondary N) is 1. The first-order valence-corrected chi connectivity index (χ1v) is 9.98. The summed E-state index contributed by atoms with van der Waals surface area (Å²) in [6.07, 6.45) is -2.94. The van der Waals surface area contributed by atoms with Crippen LogP contribution >= 0.6 is 11.3 Å².